The van der Waals surface area contributed by atoms with Crippen LogP contribution in [-0.2, 0) is 21.4 Å². The van der Waals surface area contributed by atoms with Gasteiger partial charge in [-0.1, -0.05) is 42.5 Å². The Bertz CT molecular complexity index is 751. The Balaban J connectivity index is 1.55. The highest BCUT2D eigenvalue weighted by atomic mass is 16.5. The van der Waals surface area contributed by atoms with Crippen molar-refractivity contribution in [2.45, 2.75) is 51.0 Å². The summed E-state index contributed by atoms with van der Waals surface area (Å²) < 4.78 is 11.3. The Morgan fingerprint density at radius 3 is 2.57 bits per heavy atom. The largest absolute Gasteiger partial charge is 0.491 e. The average Bonchev–Trinajstić information content (AvgIpc) is 2.72. The molecule has 1 saturated heterocycles. The van der Waals surface area contributed by atoms with Gasteiger partial charge in [0.05, 0.1) is 11.5 Å². The van der Waals surface area contributed by atoms with Crippen molar-refractivity contribution in [3.05, 3.63) is 65.7 Å². The van der Waals surface area contributed by atoms with Crippen molar-refractivity contribution >= 4 is 5.91 Å². The van der Waals surface area contributed by atoms with Crippen molar-refractivity contribution in [3.8, 4) is 5.75 Å². The molecule has 0 saturated carbocycles. The number of hydrogen-bond donors (Lipinski definition) is 1. The molecule has 1 fully saturated rings. The van der Waals surface area contributed by atoms with Crippen molar-refractivity contribution in [1.29, 1.82) is 0 Å². The zero-order valence-electron chi connectivity index (χ0n) is 16.9. The molecule has 2 aromatic rings. The van der Waals surface area contributed by atoms with Crippen LogP contribution in [-0.4, -0.2) is 31.8 Å². The third kappa shape index (κ3) is 5.14. The molecule has 1 aliphatic rings. The van der Waals surface area contributed by atoms with Crippen molar-refractivity contribution in [2.75, 3.05) is 19.8 Å². The third-order valence-corrected chi connectivity index (χ3v) is 5.31. The smallest absolute Gasteiger partial charge is 0.230 e. The molecule has 0 atom stereocenters. The minimum Gasteiger partial charge on any atom is -0.491 e. The van der Waals surface area contributed by atoms with Gasteiger partial charge in [-0.05, 0) is 62.8 Å². The number of benzene rings is 2. The highest BCUT2D eigenvalue weighted by Gasteiger charge is 2.41. The fraction of sp³-hybridized carbons (Fsp3) is 0.458. The lowest BCUT2D eigenvalue weighted by Gasteiger charge is -2.36. The summed E-state index contributed by atoms with van der Waals surface area (Å²) >= 11 is 0. The molecular weight excluding hydrogens is 350 g/mol. The molecule has 3 rings (SSSR count). The van der Waals surface area contributed by atoms with E-state index >= 15 is 0 Å². The molecule has 2 aromatic carbocycles. The number of amides is 1. The molecule has 0 unspecified atom stereocenters. The number of carbonyl (C=O) groups excluding carboxylic acids is 1. The fourth-order valence-electron chi connectivity index (χ4n) is 3.83. The van der Waals surface area contributed by atoms with E-state index in [-0.39, 0.29) is 12.0 Å². The van der Waals surface area contributed by atoms with Crippen LogP contribution < -0.4 is 10.1 Å². The van der Waals surface area contributed by atoms with E-state index in [1.54, 1.807) is 0 Å². The van der Waals surface area contributed by atoms with E-state index in [0.717, 1.165) is 37.0 Å². The summed E-state index contributed by atoms with van der Waals surface area (Å²) in [7, 11) is 0. The van der Waals surface area contributed by atoms with Crippen LogP contribution in [0, 0.1) is 0 Å². The standard InChI is InChI=1S/C24H31NO3/c1-19(2)28-22-12-6-8-20(18-22)9-7-15-25-23(26)24(13-16-27-17-14-24)21-10-4-3-5-11-21/h3-6,8,10-12,18-19H,7,9,13-17H2,1-2H3,(H,25,26). The van der Waals surface area contributed by atoms with Gasteiger partial charge in [0, 0.05) is 19.8 Å². The lowest BCUT2D eigenvalue weighted by atomic mass is 9.73. The van der Waals surface area contributed by atoms with Crippen LogP contribution in [0.4, 0.5) is 0 Å². The lowest BCUT2D eigenvalue weighted by Crippen LogP contribution is -2.48. The monoisotopic (exact) mass is 381 g/mol. The molecule has 1 amide bonds. The Hall–Kier alpha value is -2.33. The van der Waals surface area contributed by atoms with E-state index < -0.39 is 5.41 Å². The summed E-state index contributed by atoms with van der Waals surface area (Å²) in [4.78, 5) is 13.1. The highest BCUT2D eigenvalue weighted by molar-refractivity contribution is 5.88. The molecule has 1 N–H and O–H groups in total. The van der Waals surface area contributed by atoms with E-state index in [2.05, 4.69) is 29.6 Å². The summed E-state index contributed by atoms with van der Waals surface area (Å²) in [5, 5.41) is 3.18. The van der Waals surface area contributed by atoms with Gasteiger partial charge >= 0.3 is 0 Å². The first-order valence-electron chi connectivity index (χ1n) is 10.3. The molecule has 0 bridgehead atoms. The molecule has 0 aliphatic carbocycles. The van der Waals surface area contributed by atoms with E-state index in [0.29, 0.717) is 19.8 Å². The molecule has 0 aromatic heterocycles. The van der Waals surface area contributed by atoms with Crippen LogP contribution in [0.5, 0.6) is 5.75 Å². The van der Waals surface area contributed by atoms with Crippen molar-refractivity contribution in [3.63, 3.8) is 0 Å². The van der Waals surface area contributed by atoms with E-state index in [9.17, 15) is 4.79 Å². The van der Waals surface area contributed by atoms with Crippen LogP contribution >= 0.6 is 0 Å². The van der Waals surface area contributed by atoms with Crippen LogP contribution in [0.3, 0.4) is 0 Å². The van der Waals surface area contributed by atoms with Gasteiger partial charge in [0.25, 0.3) is 0 Å². The molecule has 1 aliphatic heterocycles. The highest BCUT2D eigenvalue weighted by Crippen LogP contribution is 2.35. The number of aryl methyl sites for hydroxylation is 1. The van der Waals surface area contributed by atoms with Gasteiger partial charge < -0.3 is 14.8 Å². The van der Waals surface area contributed by atoms with Gasteiger partial charge in [-0.2, -0.15) is 0 Å². The maximum atomic E-state index is 13.1. The zero-order valence-corrected chi connectivity index (χ0v) is 16.9. The van der Waals surface area contributed by atoms with Crippen LogP contribution in [0.1, 0.15) is 44.2 Å². The maximum absolute atomic E-state index is 13.1. The second-order valence-electron chi connectivity index (χ2n) is 7.73. The second-order valence-corrected chi connectivity index (χ2v) is 7.73. The quantitative estimate of drug-likeness (QED) is 0.695. The number of nitrogens with one attached hydrogen (secondary N) is 1. The molecule has 150 valence electrons. The normalized spacial score (nSPS) is 16.0. The summed E-state index contributed by atoms with van der Waals surface area (Å²) in [5.74, 6) is 1.03. The van der Waals surface area contributed by atoms with Crippen molar-refractivity contribution in [1.82, 2.24) is 5.32 Å². The first-order valence-corrected chi connectivity index (χ1v) is 10.3. The molecule has 4 heteroatoms. The first kappa shape index (κ1) is 20.4. The number of ether oxygens (including phenoxy) is 2. The molecule has 4 nitrogen and oxygen atoms in total. The van der Waals surface area contributed by atoms with E-state index in [1.807, 2.05) is 44.2 Å². The third-order valence-electron chi connectivity index (χ3n) is 5.31. The predicted octanol–water partition coefficient (Wildman–Crippen LogP) is 4.27. The summed E-state index contributed by atoms with van der Waals surface area (Å²) in [5.41, 5.74) is 1.86. The number of hydrogen-bond acceptors (Lipinski definition) is 3. The van der Waals surface area contributed by atoms with Gasteiger partial charge in [-0.25, -0.2) is 0 Å². The van der Waals surface area contributed by atoms with Crippen LogP contribution in [0.2, 0.25) is 0 Å². The molecule has 28 heavy (non-hydrogen) atoms. The first-order chi connectivity index (χ1) is 13.6. The number of rotatable bonds is 8. The summed E-state index contributed by atoms with van der Waals surface area (Å²) in [6, 6.07) is 18.3. The SMILES string of the molecule is CC(C)Oc1cccc(CCCNC(=O)C2(c3ccccc3)CCOCC2)c1. The van der Waals surface area contributed by atoms with Crippen molar-refractivity contribution in [2.24, 2.45) is 0 Å². The Morgan fingerprint density at radius 2 is 1.86 bits per heavy atom. The Labute approximate surface area is 168 Å². The van der Waals surface area contributed by atoms with Gasteiger partial charge in [-0.15, -0.1) is 0 Å². The van der Waals surface area contributed by atoms with Crippen LogP contribution in [0.15, 0.2) is 54.6 Å². The van der Waals surface area contributed by atoms with Gasteiger partial charge in [0.1, 0.15) is 5.75 Å². The van der Waals surface area contributed by atoms with Crippen LogP contribution in [0.25, 0.3) is 0 Å². The van der Waals surface area contributed by atoms with E-state index in [4.69, 9.17) is 9.47 Å². The predicted molar refractivity (Wildman–Crippen MR) is 112 cm³/mol. The number of carbonyl (C=O) groups is 1. The summed E-state index contributed by atoms with van der Waals surface area (Å²) in [6.07, 6.45) is 3.45. The average molecular weight is 382 g/mol. The minimum atomic E-state index is -0.468. The van der Waals surface area contributed by atoms with Gasteiger partial charge in [0.2, 0.25) is 5.91 Å². The zero-order chi connectivity index (χ0) is 19.8. The van der Waals surface area contributed by atoms with Gasteiger partial charge in [-0.3, -0.25) is 4.79 Å². The topological polar surface area (TPSA) is 47.6 Å². The molecular formula is C24H31NO3. The van der Waals surface area contributed by atoms with Gasteiger partial charge in [0.15, 0.2) is 0 Å². The maximum Gasteiger partial charge on any atom is 0.230 e. The molecule has 0 spiro atoms. The Morgan fingerprint density at radius 1 is 1.11 bits per heavy atom. The Kier molecular flexibility index (Phi) is 7.10. The molecule has 1 heterocycles. The lowest BCUT2D eigenvalue weighted by molar-refractivity contribution is -0.130. The minimum absolute atomic E-state index is 0.124. The van der Waals surface area contributed by atoms with E-state index in [1.165, 1.54) is 5.56 Å². The fourth-order valence-corrected chi connectivity index (χ4v) is 3.83. The summed E-state index contributed by atoms with van der Waals surface area (Å²) in [6.45, 7) is 5.99. The second kappa shape index (κ2) is 9.74. The van der Waals surface area contributed by atoms with Crippen molar-refractivity contribution < 1.29 is 14.3 Å². The molecule has 0 radical (unpaired) electrons.